The molecule has 29 heavy (non-hydrogen) atoms. The van der Waals surface area contributed by atoms with Crippen LogP contribution in [0.5, 0.6) is 6.01 Å². The summed E-state index contributed by atoms with van der Waals surface area (Å²) in [5.41, 5.74) is 2.23. The van der Waals surface area contributed by atoms with E-state index in [1.807, 2.05) is 36.4 Å². The van der Waals surface area contributed by atoms with Crippen molar-refractivity contribution < 1.29 is 9.84 Å². The van der Waals surface area contributed by atoms with E-state index in [4.69, 9.17) is 11.2 Å². The number of ether oxygens (including phenoxy) is 1. The Morgan fingerprint density at radius 3 is 2.86 bits per heavy atom. The third-order valence-electron chi connectivity index (χ3n) is 4.11. The minimum atomic E-state index is -0.865. The molecule has 0 aliphatic rings. The van der Waals surface area contributed by atoms with Gasteiger partial charge in [-0.15, -0.1) is 12.3 Å². The van der Waals surface area contributed by atoms with Crippen LogP contribution in [0.25, 0.3) is 17.0 Å². The van der Waals surface area contributed by atoms with Crippen molar-refractivity contribution >= 4 is 16.9 Å². The fraction of sp³-hybridized carbons (Fsp3) is 0.211. The average molecular weight is 390 g/mol. The molecule has 0 saturated heterocycles. The summed E-state index contributed by atoms with van der Waals surface area (Å²) in [7, 11) is 1.74. The molecule has 0 aliphatic carbocycles. The number of aryl methyl sites for hydroxylation is 1. The Morgan fingerprint density at radius 2 is 2.07 bits per heavy atom. The maximum Gasteiger partial charge on any atom is 0.305 e. The lowest BCUT2D eigenvalue weighted by Crippen LogP contribution is -2.18. The van der Waals surface area contributed by atoms with Crippen LogP contribution in [0.15, 0.2) is 42.5 Å². The number of nitrogens with one attached hydrogen (secondary N) is 1. The third-order valence-corrected chi connectivity index (χ3v) is 4.11. The Kier molecular flexibility index (Phi) is 5.05. The normalized spacial score (nSPS) is 11.9. The topological polar surface area (TPSA) is 116 Å². The molecule has 0 saturated carbocycles. The largest absolute Gasteiger partial charge is 0.458 e. The van der Waals surface area contributed by atoms with Crippen LogP contribution in [-0.2, 0) is 13.7 Å². The van der Waals surface area contributed by atoms with Gasteiger partial charge in [-0.3, -0.25) is 0 Å². The molecule has 10 heteroatoms. The van der Waals surface area contributed by atoms with E-state index in [0.29, 0.717) is 23.5 Å². The second-order valence-corrected chi connectivity index (χ2v) is 6.19. The lowest BCUT2D eigenvalue weighted by molar-refractivity contribution is 0.209. The lowest BCUT2D eigenvalue weighted by atomic mass is 10.3. The van der Waals surface area contributed by atoms with Crippen LogP contribution in [0.1, 0.15) is 12.1 Å². The van der Waals surface area contributed by atoms with Gasteiger partial charge in [0, 0.05) is 7.05 Å². The lowest BCUT2D eigenvalue weighted by Gasteiger charge is -2.12. The van der Waals surface area contributed by atoms with Crippen molar-refractivity contribution in [2.45, 2.75) is 19.3 Å². The van der Waals surface area contributed by atoms with E-state index in [1.165, 1.54) is 4.68 Å². The molecule has 4 aromatic rings. The van der Waals surface area contributed by atoms with Gasteiger partial charge >= 0.3 is 6.01 Å². The number of rotatable bonds is 7. The van der Waals surface area contributed by atoms with Gasteiger partial charge in [0.25, 0.3) is 5.95 Å². The number of aromatic nitrogens is 7. The minimum absolute atomic E-state index is 0.162. The van der Waals surface area contributed by atoms with Crippen LogP contribution < -0.4 is 10.1 Å². The number of nitrogens with zero attached hydrogens (tertiary/aromatic N) is 7. The van der Waals surface area contributed by atoms with Crippen molar-refractivity contribution in [1.82, 2.24) is 34.7 Å². The van der Waals surface area contributed by atoms with E-state index in [1.54, 1.807) is 17.7 Å². The van der Waals surface area contributed by atoms with E-state index in [0.717, 1.165) is 11.0 Å². The molecule has 1 unspecified atom stereocenters. The smallest absolute Gasteiger partial charge is 0.305 e. The maximum absolute atomic E-state index is 9.79. The monoisotopic (exact) mass is 390 g/mol. The number of imidazole rings is 1. The van der Waals surface area contributed by atoms with Gasteiger partial charge < -0.3 is 15.2 Å². The van der Waals surface area contributed by atoms with E-state index in [2.05, 4.69) is 36.7 Å². The highest BCUT2D eigenvalue weighted by Gasteiger charge is 2.18. The Balaban J connectivity index is 1.60. The Labute approximate surface area is 166 Å². The Bertz CT molecular complexity index is 1180. The minimum Gasteiger partial charge on any atom is -0.458 e. The van der Waals surface area contributed by atoms with Crippen LogP contribution in [0.2, 0.25) is 0 Å². The van der Waals surface area contributed by atoms with Crippen molar-refractivity contribution in [2.75, 3.05) is 5.32 Å². The number of tetrazole rings is 1. The summed E-state index contributed by atoms with van der Waals surface area (Å²) in [5, 5.41) is 24.3. The summed E-state index contributed by atoms with van der Waals surface area (Å²) >= 11 is 0. The molecule has 0 aliphatic heterocycles. The molecule has 0 fully saturated rings. The van der Waals surface area contributed by atoms with Crippen LogP contribution in [0, 0.1) is 12.3 Å². The second-order valence-electron chi connectivity index (χ2n) is 6.19. The molecule has 146 valence electrons. The number of aliphatic hydroxyl groups excluding tert-OH is 1. The Hall–Kier alpha value is -3.97. The summed E-state index contributed by atoms with van der Waals surface area (Å²) in [6.07, 6.45) is 4.52. The highest BCUT2D eigenvalue weighted by molar-refractivity contribution is 5.78. The van der Waals surface area contributed by atoms with Crippen molar-refractivity contribution in [3.05, 3.63) is 48.2 Å². The van der Waals surface area contributed by atoms with E-state index >= 15 is 0 Å². The molecule has 1 aromatic carbocycles. The number of pyridine rings is 1. The van der Waals surface area contributed by atoms with Gasteiger partial charge in [0.05, 0.1) is 23.1 Å². The molecule has 3 heterocycles. The van der Waals surface area contributed by atoms with Crippen molar-refractivity contribution in [3.63, 3.8) is 0 Å². The van der Waals surface area contributed by atoms with Crippen LogP contribution in [-0.4, -0.2) is 46.1 Å². The first-order valence-corrected chi connectivity index (χ1v) is 8.82. The predicted molar refractivity (Wildman–Crippen MR) is 105 cm³/mol. The molecular formula is C19H18N8O2. The fourth-order valence-electron chi connectivity index (χ4n) is 2.82. The molecule has 3 aromatic heterocycles. The molecule has 0 radical (unpaired) electrons. The molecule has 0 amide bonds. The first kappa shape index (κ1) is 18.4. The van der Waals surface area contributed by atoms with Gasteiger partial charge in [-0.05, 0) is 34.7 Å². The standard InChI is InChI=1S/C19H18N8O2/c1-3-7-17(28)22-16-11-6-8-13(20-16)12-29-19-21-14-9-4-5-10-15(14)27(19)18-23-24-25-26(18)2/h1,4-6,8-11,17,28H,7,12H2,2H3,(H,20,22). The van der Waals surface area contributed by atoms with Crippen molar-refractivity contribution in [3.8, 4) is 24.3 Å². The van der Waals surface area contributed by atoms with Crippen LogP contribution in [0.3, 0.4) is 0 Å². The summed E-state index contributed by atoms with van der Waals surface area (Å²) in [5.74, 6) is 3.37. The predicted octanol–water partition coefficient (Wildman–Crippen LogP) is 1.28. The summed E-state index contributed by atoms with van der Waals surface area (Å²) in [6, 6.07) is 13.3. The molecule has 2 N–H and O–H groups in total. The fourth-order valence-corrected chi connectivity index (χ4v) is 2.82. The number of aliphatic hydroxyl groups is 1. The number of para-hydroxylation sites is 2. The van der Waals surface area contributed by atoms with Gasteiger partial charge in [-0.25, -0.2) is 14.2 Å². The molecule has 0 bridgehead atoms. The number of terminal acetylenes is 1. The van der Waals surface area contributed by atoms with Gasteiger partial charge in [-0.2, -0.15) is 4.98 Å². The van der Waals surface area contributed by atoms with Crippen LogP contribution >= 0.6 is 0 Å². The first-order chi connectivity index (χ1) is 14.2. The SMILES string of the molecule is C#CCC(O)Nc1cccc(COc2nc3ccccc3n2-c2nnnn2C)n1. The zero-order valence-corrected chi connectivity index (χ0v) is 15.6. The van der Waals surface area contributed by atoms with Crippen molar-refractivity contribution in [1.29, 1.82) is 0 Å². The maximum atomic E-state index is 9.79. The van der Waals surface area contributed by atoms with Crippen molar-refractivity contribution in [2.24, 2.45) is 7.05 Å². The number of fused-ring (bicyclic) bond motifs is 1. The summed E-state index contributed by atoms with van der Waals surface area (Å²) in [4.78, 5) is 8.97. The highest BCUT2D eigenvalue weighted by atomic mass is 16.5. The second kappa shape index (κ2) is 7.95. The number of benzene rings is 1. The van der Waals surface area contributed by atoms with Gasteiger partial charge in [0.1, 0.15) is 18.7 Å². The molecule has 10 nitrogen and oxygen atoms in total. The van der Waals surface area contributed by atoms with Gasteiger partial charge in [0.15, 0.2) is 0 Å². The zero-order valence-electron chi connectivity index (χ0n) is 15.6. The quantitative estimate of drug-likeness (QED) is 0.358. The summed E-state index contributed by atoms with van der Waals surface area (Å²) in [6.45, 7) is 0.162. The van der Waals surface area contributed by atoms with Gasteiger partial charge in [-0.1, -0.05) is 23.3 Å². The Morgan fingerprint density at radius 1 is 1.21 bits per heavy atom. The third kappa shape index (κ3) is 3.85. The van der Waals surface area contributed by atoms with Gasteiger partial charge in [0.2, 0.25) is 0 Å². The van der Waals surface area contributed by atoms with E-state index < -0.39 is 6.23 Å². The highest BCUT2D eigenvalue weighted by Crippen LogP contribution is 2.25. The van der Waals surface area contributed by atoms with Crippen LogP contribution in [0.4, 0.5) is 5.82 Å². The average Bonchev–Trinajstić information content (AvgIpc) is 3.29. The zero-order chi connectivity index (χ0) is 20.2. The first-order valence-electron chi connectivity index (χ1n) is 8.82. The number of hydrogen-bond donors (Lipinski definition) is 2. The summed E-state index contributed by atoms with van der Waals surface area (Å²) < 4.78 is 9.23. The number of hydrogen-bond acceptors (Lipinski definition) is 8. The molecule has 0 spiro atoms. The molecule has 4 rings (SSSR count). The molecular weight excluding hydrogens is 372 g/mol. The van der Waals surface area contributed by atoms with E-state index in [9.17, 15) is 5.11 Å². The molecule has 1 atom stereocenters. The number of anilines is 1. The van der Waals surface area contributed by atoms with E-state index in [-0.39, 0.29) is 13.0 Å².